The number of halogens is 1. The highest BCUT2D eigenvalue weighted by Gasteiger charge is 2.37. The van der Waals surface area contributed by atoms with Gasteiger partial charge < -0.3 is 4.74 Å². The lowest BCUT2D eigenvalue weighted by Crippen LogP contribution is -2.54. The maximum absolute atomic E-state index is 13.4. The topological polar surface area (TPSA) is 75.7 Å². The second-order valence-corrected chi connectivity index (χ2v) is 9.63. The van der Waals surface area contributed by atoms with Crippen molar-refractivity contribution < 1.29 is 19.1 Å². The molecule has 0 atom stereocenters. The van der Waals surface area contributed by atoms with Crippen LogP contribution in [0.1, 0.15) is 33.4 Å². The molecular weight excluding hydrogens is 508 g/mol. The van der Waals surface area contributed by atoms with Crippen LogP contribution >= 0.6 is 15.9 Å². The standard InChI is InChI=1S/C28H25BrN2O4/c1-16-5-6-19(4)24(12-16)31-27(33)23(26(32)30-28(31)34)14-21-13-22(29)7-8-25(21)35-15-20-10-17(2)9-18(3)11-20/h5-14H,15H2,1-4H3,(H,30,32,34)/b23-14+. The van der Waals surface area contributed by atoms with E-state index in [9.17, 15) is 14.4 Å². The van der Waals surface area contributed by atoms with Crippen LogP contribution in [-0.2, 0) is 16.2 Å². The number of carbonyl (C=O) groups excluding carboxylic acids is 3. The Bertz CT molecular complexity index is 1370. The van der Waals surface area contributed by atoms with Gasteiger partial charge in [-0.25, -0.2) is 9.69 Å². The predicted octanol–water partition coefficient (Wildman–Crippen LogP) is 5.93. The molecule has 0 bridgehead atoms. The minimum Gasteiger partial charge on any atom is -0.488 e. The predicted molar refractivity (Wildman–Crippen MR) is 139 cm³/mol. The summed E-state index contributed by atoms with van der Waals surface area (Å²) in [4.78, 5) is 39.7. The third-order valence-corrected chi connectivity index (χ3v) is 6.15. The van der Waals surface area contributed by atoms with E-state index in [1.165, 1.54) is 6.08 Å². The highest BCUT2D eigenvalue weighted by Crippen LogP contribution is 2.30. The summed E-state index contributed by atoms with van der Waals surface area (Å²) < 4.78 is 6.84. The normalized spacial score (nSPS) is 14.9. The zero-order valence-corrected chi connectivity index (χ0v) is 21.5. The molecule has 1 N–H and O–H groups in total. The first-order valence-corrected chi connectivity index (χ1v) is 11.9. The number of hydrogen-bond acceptors (Lipinski definition) is 4. The average Bonchev–Trinajstić information content (AvgIpc) is 2.77. The summed E-state index contributed by atoms with van der Waals surface area (Å²) in [5.74, 6) is -0.926. The van der Waals surface area contributed by atoms with Gasteiger partial charge >= 0.3 is 6.03 Å². The maximum Gasteiger partial charge on any atom is 0.335 e. The van der Waals surface area contributed by atoms with Crippen molar-refractivity contribution in [2.45, 2.75) is 34.3 Å². The summed E-state index contributed by atoms with van der Waals surface area (Å²) in [7, 11) is 0. The summed E-state index contributed by atoms with van der Waals surface area (Å²) in [5, 5.41) is 2.29. The van der Waals surface area contributed by atoms with E-state index in [1.54, 1.807) is 18.2 Å². The average molecular weight is 533 g/mol. The molecule has 0 spiro atoms. The summed E-state index contributed by atoms with van der Waals surface area (Å²) in [6.07, 6.45) is 1.46. The number of rotatable bonds is 5. The third kappa shape index (κ3) is 5.35. The number of amides is 4. The van der Waals surface area contributed by atoms with Crippen LogP contribution in [0.25, 0.3) is 6.08 Å². The van der Waals surface area contributed by atoms with Gasteiger partial charge in [0.2, 0.25) is 0 Å². The van der Waals surface area contributed by atoms with Crippen molar-refractivity contribution in [3.63, 3.8) is 0 Å². The molecule has 1 saturated heterocycles. The molecule has 0 radical (unpaired) electrons. The third-order valence-electron chi connectivity index (χ3n) is 5.65. The van der Waals surface area contributed by atoms with E-state index in [2.05, 4.69) is 39.4 Å². The number of anilines is 1. The molecule has 1 heterocycles. The molecule has 0 aliphatic carbocycles. The van der Waals surface area contributed by atoms with Gasteiger partial charge in [0.05, 0.1) is 5.69 Å². The van der Waals surface area contributed by atoms with Crippen molar-refractivity contribution in [2.75, 3.05) is 4.90 Å². The van der Waals surface area contributed by atoms with Gasteiger partial charge in [0.15, 0.2) is 0 Å². The van der Waals surface area contributed by atoms with Gasteiger partial charge in [-0.15, -0.1) is 0 Å². The Morgan fingerprint density at radius 3 is 2.31 bits per heavy atom. The number of imide groups is 2. The molecule has 1 fully saturated rings. The maximum atomic E-state index is 13.4. The van der Waals surface area contributed by atoms with Gasteiger partial charge in [-0.05, 0) is 74.7 Å². The summed E-state index contributed by atoms with van der Waals surface area (Å²) in [6.45, 7) is 8.07. The Balaban J connectivity index is 1.70. The second kappa shape index (κ2) is 9.88. The van der Waals surface area contributed by atoms with Crippen molar-refractivity contribution in [1.82, 2.24) is 5.32 Å². The molecule has 1 aliphatic rings. The lowest BCUT2D eigenvalue weighted by Gasteiger charge is -2.28. The van der Waals surface area contributed by atoms with E-state index < -0.39 is 17.8 Å². The van der Waals surface area contributed by atoms with E-state index >= 15 is 0 Å². The number of hydrogen-bond donors (Lipinski definition) is 1. The monoisotopic (exact) mass is 532 g/mol. The van der Waals surface area contributed by atoms with Gasteiger partial charge in [0.1, 0.15) is 17.9 Å². The van der Waals surface area contributed by atoms with Crippen LogP contribution in [0.2, 0.25) is 0 Å². The van der Waals surface area contributed by atoms with Crippen LogP contribution in [0.3, 0.4) is 0 Å². The first kappa shape index (κ1) is 24.4. The highest BCUT2D eigenvalue weighted by molar-refractivity contribution is 9.10. The molecule has 6 nitrogen and oxygen atoms in total. The first-order chi connectivity index (χ1) is 16.6. The number of urea groups is 1. The first-order valence-electron chi connectivity index (χ1n) is 11.1. The molecule has 0 aromatic heterocycles. The second-order valence-electron chi connectivity index (χ2n) is 8.71. The van der Waals surface area contributed by atoms with E-state index in [-0.39, 0.29) is 5.57 Å². The molecule has 4 rings (SSSR count). The number of nitrogens with zero attached hydrogens (tertiary/aromatic N) is 1. The Labute approximate surface area is 212 Å². The Kier molecular flexibility index (Phi) is 6.89. The molecule has 35 heavy (non-hydrogen) atoms. The molecular formula is C28H25BrN2O4. The summed E-state index contributed by atoms with van der Waals surface area (Å²) in [6, 6.07) is 16.3. The van der Waals surface area contributed by atoms with E-state index in [0.29, 0.717) is 23.6 Å². The van der Waals surface area contributed by atoms with Crippen LogP contribution in [0.4, 0.5) is 10.5 Å². The number of carbonyl (C=O) groups is 3. The fraction of sp³-hybridized carbons (Fsp3) is 0.179. The summed E-state index contributed by atoms with van der Waals surface area (Å²) in [5.41, 5.74) is 5.76. The van der Waals surface area contributed by atoms with Gasteiger partial charge in [-0.3, -0.25) is 14.9 Å². The molecule has 178 valence electrons. The van der Waals surface area contributed by atoms with Crippen molar-refractivity contribution in [1.29, 1.82) is 0 Å². The summed E-state index contributed by atoms with van der Waals surface area (Å²) >= 11 is 3.45. The van der Waals surface area contributed by atoms with E-state index in [1.807, 2.05) is 45.9 Å². The van der Waals surface area contributed by atoms with Crippen molar-refractivity contribution in [2.24, 2.45) is 0 Å². The zero-order chi connectivity index (χ0) is 25.3. The number of ether oxygens (including phenoxy) is 1. The quantitative estimate of drug-likeness (QED) is 0.326. The van der Waals surface area contributed by atoms with Crippen LogP contribution < -0.4 is 15.0 Å². The van der Waals surface area contributed by atoms with E-state index in [0.717, 1.165) is 37.2 Å². The van der Waals surface area contributed by atoms with Crippen LogP contribution in [-0.4, -0.2) is 17.8 Å². The van der Waals surface area contributed by atoms with Crippen LogP contribution in [0.15, 0.2) is 64.6 Å². The van der Waals surface area contributed by atoms with Crippen molar-refractivity contribution in [3.05, 3.63) is 98.0 Å². The molecule has 1 aliphatic heterocycles. The fourth-order valence-corrected chi connectivity index (χ4v) is 4.45. The van der Waals surface area contributed by atoms with Gasteiger partial charge in [0, 0.05) is 10.0 Å². The minimum absolute atomic E-state index is 0.153. The van der Waals surface area contributed by atoms with Gasteiger partial charge in [-0.1, -0.05) is 57.4 Å². The van der Waals surface area contributed by atoms with E-state index in [4.69, 9.17) is 4.74 Å². The number of barbiturate groups is 1. The Morgan fingerprint density at radius 2 is 1.60 bits per heavy atom. The van der Waals surface area contributed by atoms with Crippen molar-refractivity contribution in [3.8, 4) is 5.75 Å². The molecule has 3 aromatic carbocycles. The zero-order valence-electron chi connectivity index (χ0n) is 19.9. The van der Waals surface area contributed by atoms with Crippen molar-refractivity contribution >= 4 is 45.5 Å². The van der Waals surface area contributed by atoms with Crippen LogP contribution in [0, 0.1) is 27.7 Å². The fourth-order valence-electron chi connectivity index (χ4n) is 4.07. The number of benzene rings is 3. The smallest absolute Gasteiger partial charge is 0.335 e. The largest absolute Gasteiger partial charge is 0.488 e. The molecule has 7 heteroatoms. The lowest BCUT2D eigenvalue weighted by molar-refractivity contribution is -0.122. The lowest BCUT2D eigenvalue weighted by atomic mass is 10.0. The molecule has 0 unspecified atom stereocenters. The number of aryl methyl sites for hydroxylation is 4. The van der Waals surface area contributed by atoms with Crippen LogP contribution in [0.5, 0.6) is 5.75 Å². The highest BCUT2D eigenvalue weighted by atomic mass is 79.9. The molecule has 4 amide bonds. The number of nitrogens with one attached hydrogen (secondary N) is 1. The minimum atomic E-state index is -0.772. The molecule has 0 saturated carbocycles. The Hall–Kier alpha value is -3.71. The molecule has 3 aromatic rings. The van der Waals surface area contributed by atoms with Gasteiger partial charge in [-0.2, -0.15) is 0 Å². The van der Waals surface area contributed by atoms with Gasteiger partial charge in [0.25, 0.3) is 11.8 Å². The Morgan fingerprint density at radius 1 is 0.886 bits per heavy atom. The SMILES string of the molecule is Cc1cc(C)cc(COc2ccc(Br)cc2/C=C2\C(=O)NC(=O)N(c3cc(C)ccc3C)C2=O)c1.